The first kappa shape index (κ1) is 14.3. The maximum atomic E-state index is 14.1. The maximum Gasteiger partial charge on any atom is 0.335 e. The van der Waals surface area contributed by atoms with E-state index in [0.29, 0.717) is 13.1 Å². The van der Waals surface area contributed by atoms with Crippen LogP contribution in [0.3, 0.4) is 0 Å². The summed E-state index contributed by atoms with van der Waals surface area (Å²) in [6.45, 7) is 4.46. The first-order valence-corrected chi connectivity index (χ1v) is 6.31. The average Bonchev–Trinajstić information content (AvgIpc) is 2.37. The van der Waals surface area contributed by atoms with Gasteiger partial charge in [0.2, 0.25) is 5.91 Å². The predicted octanol–water partition coefficient (Wildman–Crippen LogP) is 1.58. The van der Waals surface area contributed by atoms with Gasteiger partial charge in [-0.15, -0.1) is 0 Å². The van der Waals surface area contributed by atoms with E-state index >= 15 is 0 Å². The second-order valence-electron chi connectivity index (χ2n) is 5.41. The highest BCUT2D eigenvalue weighted by atomic mass is 19.1. The minimum atomic E-state index is -1.18. The summed E-state index contributed by atoms with van der Waals surface area (Å²) in [5.41, 5.74) is -0.718. The van der Waals surface area contributed by atoms with Gasteiger partial charge in [0.1, 0.15) is 11.4 Å². The number of nitrogens with zero attached hydrogens (tertiary/aromatic N) is 2. The van der Waals surface area contributed by atoms with Crippen LogP contribution >= 0.6 is 0 Å². The SMILES string of the molecule is CN1CCN(c2ccc(C(=O)O)cc2F)C(C)(C)C1=O. The lowest BCUT2D eigenvalue weighted by Crippen LogP contribution is -2.62. The third-order valence-electron chi connectivity index (χ3n) is 3.69. The molecule has 1 amide bonds. The molecule has 0 spiro atoms. The van der Waals surface area contributed by atoms with Gasteiger partial charge in [-0.05, 0) is 32.0 Å². The summed E-state index contributed by atoms with van der Waals surface area (Å²) >= 11 is 0. The number of likely N-dealkylation sites (N-methyl/N-ethyl adjacent to an activating group) is 1. The minimum Gasteiger partial charge on any atom is -0.478 e. The number of hydrogen-bond acceptors (Lipinski definition) is 3. The Kier molecular flexibility index (Phi) is 3.41. The normalized spacial score (nSPS) is 18.3. The molecule has 0 saturated carbocycles. The fourth-order valence-electron chi connectivity index (χ4n) is 2.49. The van der Waals surface area contributed by atoms with Gasteiger partial charge in [-0.2, -0.15) is 0 Å². The van der Waals surface area contributed by atoms with Gasteiger partial charge in [0.05, 0.1) is 11.3 Å². The first-order chi connectivity index (χ1) is 9.25. The smallest absolute Gasteiger partial charge is 0.335 e. The number of hydrogen-bond donors (Lipinski definition) is 1. The molecule has 0 aromatic heterocycles. The standard InChI is InChI=1S/C14H17FN2O3/c1-14(2)13(20)16(3)6-7-17(14)11-5-4-9(12(18)19)8-10(11)15/h4-5,8H,6-7H2,1-3H3,(H,18,19). The molecular formula is C14H17FN2O3. The van der Waals surface area contributed by atoms with Gasteiger partial charge in [0.15, 0.2) is 0 Å². The van der Waals surface area contributed by atoms with Gasteiger partial charge >= 0.3 is 5.97 Å². The van der Waals surface area contributed by atoms with Crippen molar-refractivity contribution >= 4 is 17.6 Å². The number of rotatable bonds is 2. The lowest BCUT2D eigenvalue weighted by molar-refractivity contribution is -0.136. The van der Waals surface area contributed by atoms with E-state index in [1.807, 2.05) is 0 Å². The highest BCUT2D eigenvalue weighted by Crippen LogP contribution is 2.30. The van der Waals surface area contributed by atoms with E-state index in [2.05, 4.69) is 0 Å². The lowest BCUT2D eigenvalue weighted by Gasteiger charge is -2.46. The summed E-state index contributed by atoms with van der Waals surface area (Å²) in [4.78, 5) is 26.3. The summed E-state index contributed by atoms with van der Waals surface area (Å²) in [6, 6.07) is 3.75. The van der Waals surface area contributed by atoms with E-state index in [1.54, 1.807) is 30.7 Å². The molecule has 1 heterocycles. The highest BCUT2D eigenvalue weighted by Gasteiger charge is 2.41. The van der Waals surface area contributed by atoms with E-state index in [1.165, 1.54) is 12.1 Å². The van der Waals surface area contributed by atoms with Crippen molar-refractivity contribution in [2.45, 2.75) is 19.4 Å². The van der Waals surface area contributed by atoms with E-state index in [4.69, 9.17) is 5.11 Å². The quantitative estimate of drug-likeness (QED) is 0.893. The van der Waals surface area contributed by atoms with Crippen molar-refractivity contribution in [1.82, 2.24) is 4.90 Å². The van der Waals surface area contributed by atoms with Crippen LogP contribution in [0, 0.1) is 5.82 Å². The fourth-order valence-corrected chi connectivity index (χ4v) is 2.49. The number of carbonyl (C=O) groups is 2. The van der Waals surface area contributed by atoms with Crippen LogP contribution in [0.25, 0.3) is 0 Å². The largest absolute Gasteiger partial charge is 0.478 e. The van der Waals surface area contributed by atoms with Gasteiger partial charge in [-0.25, -0.2) is 9.18 Å². The fraction of sp³-hybridized carbons (Fsp3) is 0.429. The Hall–Kier alpha value is -2.11. The van der Waals surface area contributed by atoms with Crippen LogP contribution < -0.4 is 4.90 Å². The summed E-state index contributed by atoms with van der Waals surface area (Å²) in [7, 11) is 1.71. The summed E-state index contributed by atoms with van der Waals surface area (Å²) in [5.74, 6) is -1.90. The van der Waals surface area contributed by atoms with Gasteiger partial charge in [0, 0.05) is 20.1 Å². The number of piperazine rings is 1. The third-order valence-corrected chi connectivity index (χ3v) is 3.69. The number of halogens is 1. The molecule has 1 aliphatic rings. The second kappa shape index (κ2) is 4.77. The van der Waals surface area contributed by atoms with Gasteiger partial charge in [-0.3, -0.25) is 4.79 Å². The van der Waals surface area contributed by atoms with Crippen LogP contribution in [0.2, 0.25) is 0 Å². The zero-order chi connectivity index (χ0) is 15.1. The molecule has 0 radical (unpaired) electrons. The van der Waals surface area contributed by atoms with Crippen molar-refractivity contribution in [1.29, 1.82) is 0 Å². The van der Waals surface area contributed by atoms with Crippen LogP contribution in [0.15, 0.2) is 18.2 Å². The average molecular weight is 280 g/mol. The molecule has 6 heteroatoms. The molecular weight excluding hydrogens is 263 g/mol. The Bertz CT molecular complexity index is 572. The van der Waals surface area contributed by atoms with E-state index in [9.17, 15) is 14.0 Å². The molecule has 5 nitrogen and oxygen atoms in total. The topological polar surface area (TPSA) is 60.9 Å². The molecule has 0 atom stereocenters. The molecule has 20 heavy (non-hydrogen) atoms. The molecule has 2 rings (SSSR count). The molecule has 1 aromatic carbocycles. The Morgan fingerprint density at radius 2 is 2.00 bits per heavy atom. The second-order valence-corrected chi connectivity index (χ2v) is 5.41. The van der Waals surface area contributed by atoms with Gasteiger partial charge in [0.25, 0.3) is 0 Å². The van der Waals surface area contributed by atoms with Crippen LogP contribution in [0.5, 0.6) is 0 Å². The number of carboxylic acid groups (broad SMARTS) is 1. The van der Waals surface area contributed by atoms with Crippen molar-refractivity contribution in [2.24, 2.45) is 0 Å². The third kappa shape index (κ3) is 2.21. The van der Waals surface area contributed by atoms with Gasteiger partial charge < -0.3 is 14.9 Å². The molecule has 0 aliphatic carbocycles. The minimum absolute atomic E-state index is 0.0922. The molecule has 1 fully saturated rings. The Morgan fingerprint density at radius 1 is 1.35 bits per heavy atom. The molecule has 1 aliphatic heterocycles. The van der Waals surface area contributed by atoms with E-state index in [0.717, 1.165) is 6.07 Å². The zero-order valence-electron chi connectivity index (χ0n) is 11.7. The Balaban J connectivity index is 2.41. The van der Waals surface area contributed by atoms with E-state index < -0.39 is 17.3 Å². The molecule has 108 valence electrons. The number of carbonyl (C=O) groups excluding carboxylic acids is 1. The Labute approximate surface area is 116 Å². The van der Waals surface area contributed by atoms with E-state index in [-0.39, 0.29) is 17.2 Å². The predicted molar refractivity (Wildman–Crippen MR) is 72.4 cm³/mol. The summed E-state index contributed by atoms with van der Waals surface area (Å²) in [6.07, 6.45) is 0. The molecule has 0 unspecified atom stereocenters. The molecule has 0 bridgehead atoms. The number of anilines is 1. The van der Waals surface area contributed by atoms with Crippen molar-refractivity contribution in [3.05, 3.63) is 29.6 Å². The lowest BCUT2D eigenvalue weighted by atomic mass is 9.96. The number of amides is 1. The number of benzene rings is 1. The van der Waals surface area contributed by atoms with Gasteiger partial charge in [-0.1, -0.05) is 0 Å². The maximum absolute atomic E-state index is 14.1. The molecule has 1 saturated heterocycles. The summed E-state index contributed by atoms with van der Waals surface area (Å²) < 4.78 is 14.1. The van der Waals surface area contributed by atoms with Crippen molar-refractivity contribution in [3.63, 3.8) is 0 Å². The number of carboxylic acids is 1. The molecule has 1 aromatic rings. The van der Waals surface area contributed by atoms with Crippen molar-refractivity contribution in [2.75, 3.05) is 25.0 Å². The van der Waals surface area contributed by atoms with Crippen LogP contribution in [0.1, 0.15) is 24.2 Å². The van der Waals surface area contributed by atoms with Crippen LogP contribution in [0.4, 0.5) is 10.1 Å². The summed E-state index contributed by atoms with van der Waals surface area (Å²) in [5, 5.41) is 8.85. The Morgan fingerprint density at radius 3 is 2.55 bits per heavy atom. The van der Waals surface area contributed by atoms with Crippen LogP contribution in [-0.2, 0) is 4.79 Å². The van der Waals surface area contributed by atoms with Crippen molar-refractivity contribution in [3.8, 4) is 0 Å². The monoisotopic (exact) mass is 280 g/mol. The highest BCUT2D eigenvalue weighted by molar-refractivity contribution is 5.91. The van der Waals surface area contributed by atoms with Crippen molar-refractivity contribution < 1.29 is 19.1 Å². The number of aromatic carboxylic acids is 1. The first-order valence-electron chi connectivity index (χ1n) is 6.31. The van der Waals surface area contributed by atoms with Crippen LogP contribution in [-0.4, -0.2) is 47.6 Å². The zero-order valence-corrected chi connectivity index (χ0v) is 11.7. The molecule has 1 N–H and O–H groups in total.